The molecule has 108 valence electrons. The standard InChI is InChI=1S/C11H11F2N3O2S2/c1-6(11-15-2-3-19-11)16-20(17,18)9-5-7(14)4-8(12)10(9)13/h2-6,16H,14H2,1H3. The first-order valence-electron chi connectivity index (χ1n) is 5.47. The van der Waals surface area contributed by atoms with E-state index >= 15 is 0 Å². The molecular formula is C11H11F2N3O2S2. The van der Waals surface area contributed by atoms with Gasteiger partial charge in [-0.3, -0.25) is 0 Å². The van der Waals surface area contributed by atoms with Gasteiger partial charge < -0.3 is 5.73 Å². The molecule has 5 nitrogen and oxygen atoms in total. The Labute approximate surface area is 118 Å². The molecule has 20 heavy (non-hydrogen) atoms. The Morgan fingerprint density at radius 1 is 1.40 bits per heavy atom. The fourth-order valence-corrected chi connectivity index (χ4v) is 3.62. The van der Waals surface area contributed by atoms with Crippen LogP contribution in [0, 0.1) is 11.6 Å². The molecule has 0 spiro atoms. The Bertz CT molecular complexity index is 718. The van der Waals surface area contributed by atoms with Gasteiger partial charge in [0.1, 0.15) is 9.90 Å². The summed E-state index contributed by atoms with van der Waals surface area (Å²) in [5.74, 6) is -2.77. The lowest BCUT2D eigenvalue weighted by atomic mass is 10.3. The highest BCUT2D eigenvalue weighted by Gasteiger charge is 2.25. The molecule has 9 heteroatoms. The van der Waals surface area contributed by atoms with Crippen LogP contribution in [0.1, 0.15) is 18.0 Å². The maximum Gasteiger partial charge on any atom is 0.244 e. The van der Waals surface area contributed by atoms with Gasteiger partial charge in [-0.05, 0) is 19.1 Å². The lowest BCUT2D eigenvalue weighted by Gasteiger charge is -2.13. The van der Waals surface area contributed by atoms with Gasteiger partial charge >= 0.3 is 0 Å². The Kier molecular flexibility index (Phi) is 4.02. The zero-order valence-corrected chi connectivity index (χ0v) is 11.9. The highest BCUT2D eigenvalue weighted by molar-refractivity contribution is 7.89. The van der Waals surface area contributed by atoms with E-state index in [0.29, 0.717) is 5.01 Å². The van der Waals surface area contributed by atoms with Crippen molar-refractivity contribution >= 4 is 27.0 Å². The van der Waals surface area contributed by atoms with Crippen molar-refractivity contribution in [2.45, 2.75) is 17.9 Å². The summed E-state index contributed by atoms with van der Waals surface area (Å²) in [5.41, 5.74) is 5.17. The molecule has 0 saturated carbocycles. The molecule has 0 amide bonds. The highest BCUT2D eigenvalue weighted by Crippen LogP contribution is 2.23. The summed E-state index contributed by atoms with van der Waals surface area (Å²) in [6.45, 7) is 1.55. The second-order valence-corrected chi connectivity index (χ2v) is 6.64. The summed E-state index contributed by atoms with van der Waals surface area (Å²) in [6, 6.07) is 0.928. The molecule has 0 aliphatic heterocycles. The number of aromatic nitrogens is 1. The average molecular weight is 319 g/mol. The van der Waals surface area contributed by atoms with Gasteiger partial charge in [0.25, 0.3) is 0 Å². The molecule has 0 aliphatic rings. The number of hydrogen-bond donors (Lipinski definition) is 2. The van der Waals surface area contributed by atoms with Crippen LogP contribution in [-0.2, 0) is 10.0 Å². The summed E-state index contributed by atoms with van der Waals surface area (Å²) in [7, 11) is -4.24. The second kappa shape index (κ2) is 5.43. The maximum atomic E-state index is 13.6. The molecule has 1 atom stereocenters. The van der Waals surface area contributed by atoms with Gasteiger partial charge in [-0.15, -0.1) is 11.3 Å². The number of nitrogens with two attached hydrogens (primary N) is 1. The van der Waals surface area contributed by atoms with Crippen LogP contribution in [0.3, 0.4) is 0 Å². The van der Waals surface area contributed by atoms with Gasteiger partial charge in [0.05, 0.1) is 6.04 Å². The third-order valence-corrected chi connectivity index (χ3v) is 4.96. The third kappa shape index (κ3) is 2.94. The van der Waals surface area contributed by atoms with Crippen molar-refractivity contribution in [2.75, 3.05) is 5.73 Å². The Hall–Kier alpha value is -1.58. The first kappa shape index (κ1) is 14.8. The number of rotatable bonds is 4. The van der Waals surface area contributed by atoms with Crippen molar-refractivity contribution in [1.29, 1.82) is 0 Å². The highest BCUT2D eigenvalue weighted by atomic mass is 32.2. The maximum absolute atomic E-state index is 13.6. The van der Waals surface area contributed by atoms with Gasteiger partial charge in [0.15, 0.2) is 11.6 Å². The molecule has 0 saturated heterocycles. The van der Waals surface area contributed by atoms with Crippen LogP contribution in [0.5, 0.6) is 0 Å². The molecule has 1 aromatic heterocycles. The molecule has 0 aliphatic carbocycles. The number of hydrogen-bond acceptors (Lipinski definition) is 5. The smallest absolute Gasteiger partial charge is 0.244 e. The number of nitrogen functional groups attached to an aromatic ring is 1. The van der Waals surface area contributed by atoms with E-state index in [0.717, 1.165) is 12.1 Å². The molecule has 0 fully saturated rings. The number of nitrogens with one attached hydrogen (secondary N) is 1. The van der Waals surface area contributed by atoms with Crippen LogP contribution in [0.15, 0.2) is 28.6 Å². The topological polar surface area (TPSA) is 85.1 Å². The predicted molar refractivity (Wildman–Crippen MR) is 71.6 cm³/mol. The normalized spacial score (nSPS) is 13.3. The first-order valence-corrected chi connectivity index (χ1v) is 7.84. The fourth-order valence-electron chi connectivity index (χ4n) is 1.57. The molecule has 1 unspecified atom stereocenters. The number of benzene rings is 1. The van der Waals surface area contributed by atoms with E-state index in [4.69, 9.17) is 5.73 Å². The number of anilines is 1. The van der Waals surface area contributed by atoms with E-state index < -0.39 is 32.6 Å². The Morgan fingerprint density at radius 3 is 2.70 bits per heavy atom. The van der Waals surface area contributed by atoms with Crippen molar-refractivity contribution in [2.24, 2.45) is 0 Å². The van der Waals surface area contributed by atoms with E-state index in [9.17, 15) is 17.2 Å². The molecule has 2 aromatic rings. The summed E-state index contributed by atoms with van der Waals surface area (Å²) in [5, 5.41) is 2.19. The van der Waals surface area contributed by atoms with E-state index in [1.54, 1.807) is 12.3 Å². The number of sulfonamides is 1. The van der Waals surface area contributed by atoms with Crippen molar-refractivity contribution in [1.82, 2.24) is 9.71 Å². The molecule has 1 aromatic carbocycles. The lowest BCUT2D eigenvalue weighted by molar-refractivity contribution is 0.482. The van der Waals surface area contributed by atoms with Crippen LogP contribution in [0.2, 0.25) is 0 Å². The predicted octanol–water partition coefficient (Wildman–Crippen LogP) is 2.04. The van der Waals surface area contributed by atoms with Crippen LogP contribution in [0.4, 0.5) is 14.5 Å². The minimum atomic E-state index is -4.24. The summed E-state index contributed by atoms with van der Waals surface area (Å²) in [6.07, 6.45) is 1.52. The summed E-state index contributed by atoms with van der Waals surface area (Å²) < 4.78 is 53.2. The van der Waals surface area contributed by atoms with Gasteiger partial charge in [-0.1, -0.05) is 0 Å². The minimum absolute atomic E-state index is 0.175. The number of halogens is 2. The summed E-state index contributed by atoms with van der Waals surface area (Å²) in [4.78, 5) is 3.13. The quantitative estimate of drug-likeness (QED) is 0.845. The first-order chi connectivity index (χ1) is 9.31. The third-order valence-electron chi connectivity index (χ3n) is 2.46. The molecule has 2 rings (SSSR count). The average Bonchev–Trinajstić information content (AvgIpc) is 2.86. The monoisotopic (exact) mass is 319 g/mol. The van der Waals surface area contributed by atoms with Gasteiger partial charge in [-0.25, -0.2) is 26.9 Å². The fraction of sp³-hybridized carbons (Fsp3) is 0.182. The molecule has 3 N–H and O–H groups in total. The molecule has 0 radical (unpaired) electrons. The zero-order valence-electron chi connectivity index (χ0n) is 10.3. The van der Waals surface area contributed by atoms with Crippen LogP contribution in [0.25, 0.3) is 0 Å². The van der Waals surface area contributed by atoms with Crippen LogP contribution in [-0.4, -0.2) is 13.4 Å². The Morgan fingerprint density at radius 2 is 2.10 bits per heavy atom. The lowest BCUT2D eigenvalue weighted by Crippen LogP contribution is -2.28. The van der Waals surface area contributed by atoms with Gasteiger partial charge in [0, 0.05) is 17.3 Å². The van der Waals surface area contributed by atoms with E-state index in [2.05, 4.69) is 9.71 Å². The number of nitrogens with zero attached hydrogens (tertiary/aromatic N) is 1. The van der Waals surface area contributed by atoms with Crippen molar-refractivity contribution in [3.63, 3.8) is 0 Å². The van der Waals surface area contributed by atoms with Crippen LogP contribution < -0.4 is 10.5 Å². The van der Waals surface area contributed by atoms with Gasteiger partial charge in [0.2, 0.25) is 10.0 Å². The number of thiazole rings is 1. The zero-order chi connectivity index (χ0) is 14.9. The van der Waals surface area contributed by atoms with Crippen LogP contribution >= 0.6 is 11.3 Å². The molecule has 1 heterocycles. The SMILES string of the molecule is CC(NS(=O)(=O)c1cc(N)cc(F)c1F)c1nccs1. The summed E-state index contributed by atoms with van der Waals surface area (Å²) >= 11 is 1.25. The van der Waals surface area contributed by atoms with Crippen molar-refractivity contribution in [3.05, 3.63) is 40.4 Å². The molecule has 0 bridgehead atoms. The minimum Gasteiger partial charge on any atom is -0.399 e. The second-order valence-electron chi connectivity index (χ2n) is 4.03. The van der Waals surface area contributed by atoms with E-state index in [-0.39, 0.29) is 5.69 Å². The van der Waals surface area contributed by atoms with Crippen molar-refractivity contribution < 1.29 is 17.2 Å². The van der Waals surface area contributed by atoms with E-state index in [1.807, 2.05) is 0 Å². The largest absolute Gasteiger partial charge is 0.399 e. The Balaban J connectivity index is 2.36. The molecular weight excluding hydrogens is 308 g/mol. The van der Waals surface area contributed by atoms with E-state index in [1.165, 1.54) is 17.5 Å². The van der Waals surface area contributed by atoms with Crippen molar-refractivity contribution in [3.8, 4) is 0 Å². The van der Waals surface area contributed by atoms with Gasteiger partial charge in [-0.2, -0.15) is 0 Å².